The molecule has 2 aromatic carbocycles. The van der Waals surface area contributed by atoms with Crippen molar-refractivity contribution in [3.63, 3.8) is 0 Å². The normalized spacial score (nSPS) is 15.5. The van der Waals surface area contributed by atoms with E-state index in [9.17, 15) is 9.90 Å². The first-order valence-corrected chi connectivity index (χ1v) is 9.89. The standard InChI is InChI=1S/C19H16BrNO4S2/c1-24-13-5-3-11(4-6-13)10-21-18(23)17(27-19(21)26)8-12-7-16(25-2)15(22)9-14(12)20/h3-9,22H,10H2,1-2H3. The zero-order valence-corrected chi connectivity index (χ0v) is 17.8. The lowest BCUT2D eigenvalue weighted by Gasteiger charge is -2.14. The topological polar surface area (TPSA) is 59.0 Å². The molecular weight excluding hydrogens is 450 g/mol. The lowest BCUT2D eigenvalue weighted by molar-refractivity contribution is -0.122. The fourth-order valence-corrected chi connectivity index (χ4v) is 4.22. The number of hydrogen-bond donors (Lipinski definition) is 1. The number of phenols is 1. The summed E-state index contributed by atoms with van der Waals surface area (Å²) in [7, 11) is 3.08. The van der Waals surface area contributed by atoms with E-state index < -0.39 is 0 Å². The second kappa shape index (κ2) is 8.33. The Balaban J connectivity index is 1.84. The van der Waals surface area contributed by atoms with Gasteiger partial charge in [-0.15, -0.1) is 0 Å². The average Bonchev–Trinajstić information content (AvgIpc) is 2.92. The number of ether oxygens (including phenoxy) is 2. The molecule has 0 bridgehead atoms. The maximum atomic E-state index is 12.8. The molecule has 0 aliphatic carbocycles. The van der Waals surface area contributed by atoms with Gasteiger partial charge in [0.15, 0.2) is 11.5 Å². The number of carbonyl (C=O) groups excluding carboxylic acids is 1. The van der Waals surface area contributed by atoms with Gasteiger partial charge in [-0.25, -0.2) is 0 Å². The van der Waals surface area contributed by atoms with Gasteiger partial charge in [0.2, 0.25) is 0 Å². The Hall–Kier alpha value is -2.03. The second-order valence-electron chi connectivity index (χ2n) is 5.66. The monoisotopic (exact) mass is 465 g/mol. The quantitative estimate of drug-likeness (QED) is 0.515. The van der Waals surface area contributed by atoms with Gasteiger partial charge in [-0.1, -0.05) is 52.0 Å². The van der Waals surface area contributed by atoms with Crippen molar-refractivity contribution in [3.8, 4) is 17.2 Å². The number of hydrogen-bond acceptors (Lipinski definition) is 6. The lowest BCUT2D eigenvalue weighted by atomic mass is 10.1. The Kier molecular flexibility index (Phi) is 6.08. The molecule has 140 valence electrons. The largest absolute Gasteiger partial charge is 0.504 e. The van der Waals surface area contributed by atoms with Gasteiger partial charge in [0, 0.05) is 4.47 Å². The molecule has 1 aliphatic heterocycles. The van der Waals surface area contributed by atoms with Crippen LogP contribution in [-0.4, -0.2) is 34.5 Å². The molecule has 1 heterocycles. The Bertz CT molecular complexity index is 928. The predicted molar refractivity (Wildman–Crippen MR) is 114 cm³/mol. The van der Waals surface area contributed by atoms with Gasteiger partial charge < -0.3 is 14.6 Å². The van der Waals surface area contributed by atoms with Crippen molar-refractivity contribution in [1.82, 2.24) is 4.90 Å². The van der Waals surface area contributed by atoms with E-state index in [4.69, 9.17) is 21.7 Å². The number of carbonyl (C=O) groups is 1. The number of amides is 1. The van der Waals surface area contributed by atoms with Gasteiger partial charge in [0.05, 0.1) is 25.7 Å². The zero-order valence-electron chi connectivity index (χ0n) is 14.6. The van der Waals surface area contributed by atoms with Crippen molar-refractivity contribution < 1.29 is 19.4 Å². The number of phenolic OH excluding ortho intramolecular Hbond substituents is 1. The van der Waals surface area contributed by atoms with Gasteiger partial charge in [0.1, 0.15) is 10.1 Å². The number of nitrogens with zero attached hydrogens (tertiary/aromatic N) is 1. The molecule has 1 N–H and O–H groups in total. The minimum Gasteiger partial charge on any atom is -0.504 e. The summed E-state index contributed by atoms with van der Waals surface area (Å²) in [6.45, 7) is 0.395. The van der Waals surface area contributed by atoms with Crippen LogP contribution in [0.25, 0.3) is 6.08 Å². The third-order valence-electron chi connectivity index (χ3n) is 3.96. The van der Waals surface area contributed by atoms with Crippen LogP contribution in [0.1, 0.15) is 11.1 Å². The number of aromatic hydroxyl groups is 1. The molecule has 0 radical (unpaired) electrons. The Labute approximate surface area is 175 Å². The fraction of sp³-hybridized carbons (Fsp3) is 0.158. The first-order valence-electron chi connectivity index (χ1n) is 7.87. The molecule has 0 aromatic heterocycles. The SMILES string of the molecule is COc1ccc(CN2C(=O)C(=Cc3cc(OC)c(O)cc3Br)SC2=S)cc1. The molecule has 0 spiro atoms. The van der Waals surface area contributed by atoms with Crippen molar-refractivity contribution in [2.45, 2.75) is 6.54 Å². The van der Waals surface area contributed by atoms with Gasteiger partial charge in [0.25, 0.3) is 5.91 Å². The van der Waals surface area contributed by atoms with Crippen molar-refractivity contribution in [3.05, 3.63) is 56.9 Å². The van der Waals surface area contributed by atoms with Crippen LogP contribution >= 0.6 is 39.9 Å². The predicted octanol–water partition coefficient (Wildman–Crippen LogP) is 4.57. The highest BCUT2D eigenvalue weighted by Crippen LogP contribution is 2.38. The van der Waals surface area contributed by atoms with Crippen LogP contribution in [0, 0.1) is 0 Å². The van der Waals surface area contributed by atoms with E-state index >= 15 is 0 Å². The summed E-state index contributed by atoms with van der Waals surface area (Å²) >= 11 is 10.0. The van der Waals surface area contributed by atoms with Crippen LogP contribution in [0.4, 0.5) is 0 Å². The highest BCUT2D eigenvalue weighted by atomic mass is 79.9. The van der Waals surface area contributed by atoms with Crippen LogP contribution in [0.2, 0.25) is 0 Å². The molecule has 5 nitrogen and oxygen atoms in total. The average molecular weight is 466 g/mol. The molecule has 0 atom stereocenters. The minimum absolute atomic E-state index is 0.0218. The fourth-order valence-electron chi connectivity index (χ4n) is 2.52. The van der Waals surface area contributed by atoms with Gasteiger partial charge in [-0.05, 0) is 41.5 Å². The van der Waals surface area contributed by atoms with Gasteiger partial charge in [-0.2, -0.15) is 0 Å². The summed E-state index contributed by atoms with van der Waals surface area (Å²) in [6, 6.07) is 10.7. The Morgan fingerprint density at radius 2 is 1.93 bits per heavy atom. The number of thiocarbonyl (C=S) groups is 1. The molecule has 2 aromatic rings. The van der Waals surface area contributed by atoms with E-state index in [0.29, 0.717) is 26.0 Å². The van der Waals surface area contributed by atoms with E-state index in [1.165, 1.54) is 24.9 Å². The maximum Gasteiger partial charge on any atom is 0.266 e. The molecule has 1 fully saturated rings. The van der Waals surface area contributed by atoms with E-state index in [1.807, 2.05) is 24.3 Å². The molecule has 8 heteroatoms. The number of methoxy groups -OCH3 is 2. The Morgan fingerprint density at radius 1 is 1.22 bits per heavy atom. The highest BCUT2D eigenvalue weighted by Gasteiger charge is 2.32. The van der Waals surface area contributed by atoms with Crippen LogP contribution in [0.15, 0.2) is 45.8 Å². The number of halogens is 1. The second-order valence-corrected chi connectivity index (χ2v) is 8.19. The third kappa shape index (κ3) is 4.28. The molecule has 0 saturated carbocycles. The zero-order chi connectivity index (χ0) is 19.6. The van der Waals surface area contributed by atoms with Gasteiger partial charge in [-0.3, -0.25) is 9.69 Å². The van der Waals surface area contributed by atoms with Gasteiger partial charge >= 0.3 is 0 Å². The number of thioether (sulfide) groups is 1. The van der Waals surface area contributed by atoms with Crippen LogP contribution in [0.5, 0.6) is 17.2 Å². The summed E-state index contributed by atoms with van der Waals surface area (Å²) in [5, 5.41) is 9.83. The molecule has 1 amide bonds. The molecule has 1 aliphatic rings. The van der Waals surface area contributed by atoms with Crippen molar-refractivity contribution >= 4 is 56.2 Å². The summed E-state index contributed by atoms with van der Waals surface area (Å²) in [6.07, 6.45) is 1.74. The van der Waals surface area contributed by atoms with Crippen molar-refractivity contribution in [1.29, 1.82) is 0 Å². The van der Waals surface area contributed by atoms with Crippen LogP contribution < -0.4 is 9.47 Å². The summed E-state index contributed by atoms with van der Waals surface area (Å²) < 4.78 is 11.4. The number of benzene rings is 2. The molecular formula is C19H16BrNO4S2. The molecule has 1 saturated heterocycles. The van der Waals surface area contributed by atoms with Crippen molar-refractivity contribution in [2.75, 3.05) is 14.2 Å². The van der Waals surface area contributed by atoms with Crippen LogP contribution in [-0.2, 0) is 11.3 Å². The molecule has 3 rings (SSSR count). The summed E-state index contributed by atoms with van der Waals surface area (Å²) in [5.41, 5.74) is 1.68. The molecule has 27 heavy (non-hydrogen) atoms. The first-order chi connectivity index (χ1) is 12.9. The first kappa shape index (κ1) is 19.7. The Morgan fingerprint density at radius 3 is 2.56 bits per heavy atom. The van der Waals surface area contributed by atoms with E-state index in [0.717, 1.165) is 16.9 Å². The number of rotatable bonds is 5. The van der Waals surface area contributed by atoms with Crippen LogP contribution in [0.3, 0.4) is 0 Å². The van der Waals surface area contributed by atoms with E-state index in [1.54, 1.807) is 24.2 Å². The minimum atomic E-state index is -0.153. The summed E-state index contributed by atoms with van der Waals surface area (Å²) in [4.78, 5) is 14.9. The van der Waals surface area contributed by atoms with E-state index in [-0.39, 0.29) is 11.7 Å². The third-order valence-corrected chi connectivity index (χ3v) is 6.02. The van der Waals surface area contributed by atoms with E-state index in [2.05, 4.69) is 15.9 Å². The maximum absolute atomic E-state index is 12.8. The molecule has 0 unspecified atom stereocenters. The summed E-state index contributed by atoms with van der Waals surface area (Å²) in [5.74, 6) is 0.960. The lowest BCUT2D eigenvalue weighted by Crippen LogP contribution is -2.27. The van der Waals surface area contributed by atoms with Crippen molar-refractivity contribution in [2.24, 2.45) is 0 Å². The highest BCUT2D eigenvalue weighted by molar-refractivity contribution is 9.10. The smallest absolute Gasteiger partial charge is 0.266 e.